The Morgan fingerprint density at radius 3 is 2.46 bits per heavy atom. The van der Waals surface area contributed by atoms with Crippen LogP contribution in [0.2, 0.25) is 5.02 Å². The van der Waals surface area contributed by atoms with Crippen LogP contribution in [0, 0.1) is 0 Å². The van der Waals surface area contributed by atoms with Gasteiger partial charge in [0.2, 0.25) is 0 Å². The number of rotatable bonds is 2. The normalized spacial score (nSPS) is 21.8. The zero-order valence-corrected chi connectivity index (χ0v) is 14.6. The number of hydrogen-bond acceptors (Lipinski definition) is 4. The number of hydrogen-bond donors (Lipinski definition) is 1. The molecule has 3 nitrogen and oxygen atoms in total. The molecule has 0 radical (unpaired) electrons. The van der Waals surface area contributed by atoms with Gasteiger partial charge in [0.25, 0.3) is 0 Å². The van der Waals surface area contributed by atoms with Gasteiger partial charge in [-0.15, -0.1) is 0 Å². The summed E-state index contributed by atoms with van der Waals surface area (Å²) >= 11 is 7.42. The van der Waals surface area contributed by atoms with Crippen LogP contribution in [-0.4, -0.2) is 23.0 Å². The molecule has 1 fully saturated rings. The highest BCUT2D eigenvalue weighted by Crippen LogP contribution is 2.42. The molecule has 0 amide bonds. The van der Waals surface area contributed by atoms with Gasteiger partial charge >= 0.3 is 0 Å². The second-order valence-electron chi connectivity index (χ2n) is 5.40. The number of benzene rings is 2. The monoisotopic (exact) mass is 357 g/mol. The molecule has 0 unspecified atom stereocenters. The van der Waals surface area contributed by atoms with Crippen LogP contribution in [0.4, 0.5) is 0 Å². The number of thioether (sulfide) groups is 1. The maximum atomic E-state index is 12.7. The van der Waals surface area contributed by atoms with Gasteiger partial charge in [-0.25, -0.2) is 0 Å². The van der Waals surface area contributed by atoms with Gasteiger partial charge < -0.3 is 5.11 Å². The zero-order valence-electron chi connectivity index (χ0n) is 13.1. The highest BCUT2D eigenvalue weighted by atomic mass is 35.5. The minimum atomic E-state index is -0.101. The summed E-state index contributed by atoms with van der Waals surface area (Å²) in [4.78, 5) is 16.9. The molecule has 24 heavy (non-hydrogen) atoms. The first kappa shape index (κ1) is 16.8. The van der Waals surface area contributed by atoms with Crippen molar-refractivity contribution in [2.24, 2.45) is 4.99 Å². The molecular formula is C19H16ClNO2S. The van der Waals surface area contributed by atoms with Gasteiger partial charge in [0.15, 0.2) is 5.78 Å². The Kier molecular flexibility index (Phi) is 5.07. The first-order chi connectivity index (χ1) is 11.6. The molecule has 2 aromatic carbocycles. The summed E-state index contributed by atoms with van der Waals surface area (Å²) in [5.74, 6) is -0.112. The van der Waals surface area contributed by atoms with E-state index in [1.54, 1.807) is 19.2 Å². The smallest absolute Gasteiger partial charge is 0.170 e. The van der Waals surface area contributed by atoms with E-state index in [4.69, 9.17) is 11.6 Å². The summed E-state index contributed by atoms with van der Waals surface area (Å²) in [5, 5.41) is 11.8. The molecule has 2 aromatic rings. The Morgan fingerprint density at radius 1 is 1.17 bits per heavy atom. The van der Waals surface area contributed by atoms with Crippen molar-refractivity contribution >= 4 is 39.9 Å². The molecule has 0 aromatic heterocycles. The summed E-state index contributed by atoms with van der Waals surface area (Å²) in [6.07, 6.45) is 0.317. The lowest BCUT2D eigenvalue weighted by Crippen LogP contribution is -2.22. The lowest BCUT2D eigenvalue weighted by molar-refractivity contribution is -0.115. The highest BCUT2D eigenvalue weighted by molar-refractivity contribution is 8.14. The van der Waals surface area contributed by atoms with Crippen molar-refractivity contribution in [1.29, 1.82) is 0 Å². The third kappa shape index (κ3) is 3.40. The van der Waals surface area contributed by atoms with Crippen molar-refractivity contribution in [3.8, 4) is 0 Å². The van der Waals surface area contributed by atoms with E-state index in [0.29, 0.717) is 27.6 Å². The van der Waals surface area contributed by atoms with Crippen molar-refractivity contribution in [2.75, 3.05) is 7.05 Å². The van der Waals surface area contributed by atoms with Gasteiger partial charge in [-0.3, -0.25) is 9.79 Å². The predicted molar refractivity (Wildman–Crippen MR) is 101 cm³/mol. The molecule has 1 aliphatic heterocycles. The van der Waals surface area contributed by atoms with Crippen molar-refractivity contribution in [2.45, 2.75) is 11.7 Å². The minimum Gasteiger partial charge on any atom is -0.506 e. The molecule has 1 aliphatic rings. The van der Waals surface area contributed by atoms with Gasteiger partial charge in [0, 0.05) is 29.3 Å². The van der Waals surface area contributed by atoms with E-state index in [9.17, 15) is 9.90 Å². The van der Waals surface area contributed by atoms with E-state index >= 15 is 0 Å². The zero-order chi connectivity index (χ0) is 17.1. The molecule has 1 saturated heterocycles. The number of aliphatic imine (C=N–C) groups is 1. The summed E-state index contributed by atoms with van der Waals surface area (Å²) in [6.45, 7) is 0. The lowest BCUT2D eigenvalue weighted by Gasteiger charge is -2.25. The molecule has 122 valence electrons. The van der Waals surface area contributed by atoms with Gasteiger partial charge in [-0.2, -0.15) is 0 Å². The molecule has 3 rings (SSSR count). The van der Waals surface area contributed by atoms with Crippen LogP contribution < -0.4 is 0 Å². The molecule has 1 N–H and O–H groups in total. The fraction of sp³-hybridized carbons (Fsp3) is 0.158. The summed E-state index contributed by atoms with van der Waals surface area (Å²) in [6, 6.07) is 16.5. The Labute approximate surface area is 150 Å². The molecule has 0 bridgehead atoms. The molecule has 0 spiro atoms. The summed E-state index contributed by atoms with van der Waals surface area (Å²) < 4.78 is 0. The number of aliphatic hydroxyl groups excluding tert-OH is 1. The minimum absolute atomic E-state index is 0.0109. The Hall–Kier alpha value is -2.04. The van der Waals surface area contributed by atoms with E-state index in [2.05, 4.69) is 4.99 Å². The van der Waals surface area contributed by atoms with Crippen LogP contribution in [0.5, 0.6) is 0 Å². The largest absolute Gasteiger partial charge is 0.506 e. The molecule has 0 aliphatic carbocycles. The van der Waals surface area contributed by atoms with E-state index in [1.807, 2.05) is 42.5 Å². The maximum absolute atomic E-state index is 12.7. The molecular weight excluding hydrogens is 342 g/mol. The van der Waals surface area contributed by atoms with Crippen LogP contribution in [0.25, 0.3) is 5.76 Å². The topological polar surface area (TPSA) is 49.7 Å². The van der Waals surface area contributed by atoms with Crippen LogP contribution >= 0.6 is 23.4 Å². The average molecular weight is 358 g/mol. The van der Waals surface area contributed by atoms with E-state index < -0.39 is 0 Å². The number of nitrogens with zero attached hydrogens (tertiary/aromatic N) is 1. The van der Waals surface area contributed by atoms with Gasteiger partial charge in [0.1, 0.15) is 10.8 Å². The van der Waals surface area contributed by atoms with Crippen molar-refractivity contribution in [3.05, 3.63) is 76.3 Å². The van der Waals surface area contributed by atoms with E-state index in [0.717, 1.165) is 5.56 Å². The SMILES string of the molecule is CN=C1S[C@@H](c2ccc(Cl)cc2)CC(=O)C1=C(O)c1ccccc1. The van der Waals surface area contributed by atoms with Gasteiger partial charge in [-0.1, -0.05) is 65.8 Å². The Morgan fingerprint density at radius 2 is 1.83 bits per heavy atom. The average Bonchev–Trinajstić information content (AvgIpc) is 2.61. The molecule has 0 saturated carbocycles. The second kappa shape index (κ2) is 7.24. The lowest BCUT2D eigenvalue weighted by atomic mass is 9.99. The van der Waals surface area contributed by atoms with Crippen LogP contribution in [-0.2, 0) is 4.79 Å². The first-order valence-corrected chi connectivity index (χ1v) is 8.77. The Balaban J connectivity index is 1.96. The van der Waals surface area contributed by atoms with Gasteiger partial charge in [-0.05, 0) is 17.7 Å². The first-order valence-electron chi connectivity index (χ1n) is 7.51. The fourth-order valence-corrected chi connectivity index (χ4v) is 3.98. The maximum Gasteiger partial charge on any atom is 0.170 e. The number of aliphatic hydroxyl groups is 1. The predicted octanol–water partition coefficient (Wildman–Crippen LogP) is 5.08. The molecule has 5 heteroatoms. The van der Waals surface area contributed by atoms with Gasteiger partial charge in [0.05, 0.1) is 5.57 Å². The Bertz CT molecular complexity index is 813. The number of carbonyl (C=O) groups excluding carboxylic acids is 1. The third-order valence-electron chi connectivity index (χ3n) is 3.85. The third-order valence-corrected chi connectivity index (χ3v) is 5.43. The van der Waals surface area contributed by atoms with Crippen molar-refractivity contribution in [1.82, 2.24) is 0 Å². The van der Waals surface area contributed by atoms with Crippen LogP contribution in [0.1, 0.15) is 22.8 Å². The van der Waals surface area contributed by atoms with Crippen LogP contribution in [0.15, 0.2) is 65.2 Å². The molecule has 1 atom stereocenters. The van der Waals surface area contributed by atoms with Crippen LogP contribution in [0.3, 0.4) is 0 Å². The number of carbonyl (C=O) groups is 1. The molecule has 1 heterocycles. The summed E-state index contributed by atoms with van der Waals surface area (Å²) in [5.41, 5.74) is 1.95. The fourth-order valence-electron chi connectivity index (χ4n) is 2.63. The van der Waals surface area contributed by atoms with E-state index in [-0.39, 0.29) is 16.8 Å². The quantitative estimate of drug-likeness (QED) is 0.602. The highest BCUT2D eigenvalue weighted by Gasteiger charge is 2.33. The van der Waals surface area contributed by atoms with Crippen molar-refractivity contribution < 1.29 is 9.90 Å². The van der Waals surface area contributed by atoms with E-state index in [1.165, 1.54) is 11.8 Å². The standard InChI is InChI=1S/C19H16ClNO2S/c1-21-19-17(18(23)13-5-3-2-4-6-13)15(22)11-16(24-19)12-7-9-14(20)10-8-12/h2-10,16,23H,11H2,1H3/t16-/m1/s1. The number of Topliss-reactive ketones (excluding diaryl/α,β-unsaturated/α-hetero) is 1. The number of halogens is 1. The van der Waals surface area contributed by atoms with Crippen molar-refractivity contribution in [3.63, 3.8) is 0 Å². The number of ketones is 1. The summed E-state index contributed by atoms with van der Waals surface area (Å²) in [7, 11) is 1.64. The second-order valence-corrected chi connectivity index (χ2v) is 7.03.